The fraction of sp³-hybridized carbons (Fsp3) is 0.480. The summed E-state index contributed by atoms with van der Waals surface area (Å²) < 4.78 is 8.09. The SMILES string of the molecule is C[C@@H]1CN(c2ccc(C#N)n3nccc23)C[C@H](CN2Cc3cc(N4CCNCC4)cnc3C2)O1. The summed E-state index contributed by atoms with van der Waals surface area (Å²) in [6.07, 6.45) is 4.02. The fourth-order valence-corrected chi connectivity index (χ4v) is 5.52. The van der Waals surface area contributed by atoms with E-state index in [1.807, 2.05) is 24.4 Å². The first-order valence-corrected chi connectivity index (χ1v) is 12.1. The Hall–Kier alpha value is -3.19. The first kappa shape index (κ1) is 21.4. The van der Waals surface area contributed by atoms with Gasteiger partial charge in [-0.15, -0.1) is 0 Å². The summed E-state index contributed by atoms with van der Waals surface area (Å²) in [5.41, 5.74) is 6.37. The molecule has 3 aromatic heterocycles. The zero-order chi connectivity index (χ0) is 23.1. The van der Waals surface area contributed by atoms with Gasteiger partial charge in [-0.2, -0.15) is 10.4 Å². The van der Waals surface area contributed by atoms with Gasteiger partial charge in [0, 0.05) is 58.9 Å². The van der Waals surface area contributed by atoms with Crippen molar-refractivity contribution < 1.29 is 4.74 Å². The quantitative estimate of drug-likeness (QED) is 0.632. The van der Waals surface area contributed by atoms with Crippen LogP contribution in [-0.4, -0.2) is 77.5 Å². The van der Waals surface area contributed by atoms with Gasteiger partial charge in [-0.25, -0.2) is 4.52 Å². The molecule has 3 aliphatic rings. The van der Waals surface area contributed by atoms with E-state index in [9.17, 15) is 5.26 Å². The summed E-state index contributed by atoms with van der Waals surface area (Å²) in [6, 6.07) is 10.4. The van der Waals surface area contributed by atoms with Crippen LogP contribution in [0.15, 0.2) is 36.7 Å². The van der Waals surface area contributed by atoms with Gasteiger partial charge in [-0.3, -0.25) is 9.88 Å². The molecular formula is C25H30N8O. The maximum absolute atomic E-state index is 9.40. The number of aromatic nitrogens is 3. The van der Waals surface area contributed by atoms with Crippen LogP contribution in [0.5, 0.6) is 0 Å². The lowest BCUT2D eigenvalue weighted by atomic mass is 10.1. The number of morpholine rings is 1. The van der Waals surface area contributed by atoms with Crippen LogP contribution >= 0.6 is 0 Å². The second-order valence-electron chi connectivity index (χ2n) is 9.52. The topological polar surface area (TPSA) is 85.0 Å². The van der Waals surface area contributed by atoms with E-state index < -0.39 is 0 Å². The number of nitrogens with zero attached hydrogens (tertiary/aromatic N) is 7. The van der Waals surface area contributed by atoms with Crippen molar-refractivity contribution in [2.24, 2.45) is 0 Å². The van der Waals surface area contributed by atoms with E-state index in [-0.39, 0.29) is 12.2 Å². The van der Waals surface area contributed by atoms with Crippen molar-refractivity contribution in [2.45, 2.75) is 32.2 Å². The van der Waals surface area contributed by atoms with E-state index >= 15 is 0 Å². The van der Waals surface area contributed by atoms with Gasteiger partial charge in [0.15, 0.2) is 0 Å². The van der Waals surface area contributed by atoms with Gasteiger partial charge in [0.2, 0.25) is 0 Å². The van der Waals surface area contributed by atoms with Crippen LogP contribution in [0.25, 0.3) is 5.52 Å². The minimum atomic E-state index is 0.101. The molecule has 9 nitrogen and oxygen atoms in total. The lowest BCUT2D eigenvalue weighted by molar-refractivity contribution is -0.0329. The molecule has 3 aliphatic heterocycles. The molecule has 0 amide bonds. The van der Waals surface area contributed by atoms with Crippen LogP contribution in [0, 0.1) is 11.3 Å². The van der Waals surface area contributed by atoms with Crippen LogP contribution in [0.3, 0.4) is 0 Å². The van der Waals surface area contributed by atoms with Crippen LogP contribution in [0.1, 0.15) is 23.9 Å². The molecule has 0 aliphatic carbocycles. The highest BCUT2D eigenvalue weighted by atomic mass is 16.5. The average molecular weight is 459 g/mol. The molecule has 0 spiro atoms. The molecule has 176 valence electrons. The summed E-state index contributed by atoms with van der Waals surface area (Å²) >= 11 is 0. The van der Waals surface area contributed by atoms with E-state index in [4.69, 9.17) is 9.72 Å². The number of fused-ring (bicyclic) bond motifs is 2. The Morgan fingerprint density at radius 1 is 1.15 bits per heavy atom. The molecule has 2 saturated heterocycles. The third-order valence-electron chi connectivity index (χ3n) is 7.07. The van der Waals surface area contributed by atoms with Crippen molar-refractivity contribution in [3.8, 4) is 6.07 Å². The second-order valence-corrected chi connectivity index (χ2v) is 9.52. The van der Waals surface area contributed by atoms with Gasteiger partial charge >= 0.3 is 0 Å². The van der Waals surface area contributed by atoms with E-state index in [1.54, 1.807) is 10.7 Å². The Morgan fingerprint density at radius 2 is 2.03 bits per heavy atom. The molecule has 0 bridgehead atoms. The van der Waals surface area contributed by atoms with Gasteiger partial charge in [0.05, 0.1) is 47.2 Å². The Morgan fingerprint density at radius 3 is 2.88 bits per heavy atom. The third kappa shape index (κ3) is 3.98. The first-order chi connectivity index (χ1) is 16.7. The minimum absolute atomic E-state index is 0.101. The van der Waals surface area contributed by atoms with Crippen molar-refractivity contribution in [1.82, 2.24) is 24.8 Å². The maximum atomic E-state index is 9.40. The molecule has 0 aromatic carbocycles. The lowest BCUT2D eigenvalue weighted by Gasteiger charge is -2.39. The Bertz CT molecular complexity index is 1230. The summed E-state index contributed by atoms with van der Waals surface area (Å²) in [5.74, 6) is 0. The highest BCUT2D eigenvalue weighted by Gasteiger charge is 2.31. The van der Waals surface area contributed by atoms with E-state index in [2.05, 4.69) is 44.2 Å². The molecule has 3 aromatic rings. The molecule has 1 N–H and O–H groups in total. The van der Waals surface area contributed by atoms with E-state index in [1.165, 1.54) is 16.9 Å². The molecule has 6 heterocycles. The highest BCUT2D eigenvalue weighted by Crippen LogP contribution is 2.29. The summed E-state index contributed by atoms with van der Waals surface area (Å²) in [4.78, 5) is 12.1. The standard InChI is InChI=1S/C25H30N8O/c1-18-13-32(24-3-2-20(11-26)33-25(24)4-5-29-33)16-22(34-18)15-30-14-19-10-21(12-28-23(19)17-30)31-8-6-27-7-9-31/h2-5,10,12,18,22,27H,6-9,13-17H2,1H3/t18-,22+/m1/s1. The normalized spacial score (nSPS) is 23.3. The van der Waals surface area contributed by atoms with Crippen molar-refractivity contribution in [3.05, 3.63) is 53.6 Å². The van der Waals surface area contributed by atoms with Crippen LogP contribution in [-0.2, 0) is 17.8 Å². The maximum Gasteiger partial charge on any atom is 0.142 e. The molecule has 2 fully saturated rings. The second kappa shape index (κ2) is 8.87. The molecule has 34 heavy (non-hydrogen) atoms. The molecule has 0 saturated carbocycles. The predicted molar refractivity (Wildman–Crippen MR) is 130 cm³/mol. The summed E-state index contributed by atoms with van der Waals surface area (Å²) in [6.45, 7) is 10.5. The first-order valence-electron chi connectivity index (χ1n) is 12.1. The van der Waals surface area contributed by atoms with Gasteiger partial charge < -0.3 is 19.9 Å². The van der Waals surface area contributed by atoms with Crippen LogP contribution in [0.4, 0.5) is 11.4 Å². The number of hydrogen-bond donors (Lipinski definition) is 1. The molecule has 9 heteroatoms. The summed E-state index contributed by atoms with van der Waals surface area (Å²) in [5, 5.41) is 17.2. The van der Waals surface area contributed by atoms with E-state index in [0.717, 1.165) is 70.1 Å². The third-order valence-corrected chi connectivity index (χ3v) is 7.07. The number of pyridine rings is 2. The number of anilines is 2. The zero-order valence-corrected chi connectivity index (χ0v) is 19.5. The number of nitrogens with one attached hydrogen (secondary N) is 1. The number of ether oxygens (including phenoxy) is 1. The lowest BCUT2D eigenvalue weighted by Crippen LogP contribution is -2.50. The zero-order valence-electron chi connectivity index (χ0n) is 19.5. The van der Waals surface area contributed by atoms with Crippen molar-refractivity contribution in [3.63, 3.8) is 0 Å². The Kier molecular flexibility index (Phi) is 5.57. The predicted octanol–water partition coefficient (Wildman–Crippen LogP) is 1.62. The number of nitriles is 1. The van der Waals surface area contributed by atoms with E-state index in [0.29, 0.717) is 5.69 Å². The monoisotopic (exact) mass is 458 g/mol. The Balaban J connectivity index is 1.15. The van der Waals surface area contributed by atoms with Gasteiger partial charge in [0.1, 0.15) is 11.8 Å². The Labute approximate surface area is 199 Å². The van der Waals surface area contributed by atoms with Crippen molar-refractivity contribution in [1.29, 1.82) is 5.26 Å². The minimum Gasteiger partial charge on any atom is -0.370 e. The largest absolute Gasteiger partial charge is 0.370 e. The highest BCUT2D eigenvalue weighted by molar-refractivity contribution is 5.74. The molecule has 2 atom stereocenters. The number of hydrogen-bond acceptors (Lipinski definition) is 8. The van der Waals surface area contributed by atoms with Crippen molar-refractivity contribution >= 4 is 16.9 Å². The molecular weight excluding hydrogens is 428 g/mol. The van der Waals surface area contributed by atoms with Crippen LogP contribution in [0.2, 0.25) is 0 Å². The molecule has 0 radical (unpaired) electrons. The van der Waals surface area contributed by atoms with Crippen LogP contribution < -0.4 is 15.1 Å². The van der Waals surface area contributed by atoms with Crippen molar-refractivity contribution in [2.75, 3.05) is 55.6 Å². The van der Waals surface area contributed by atoms with Gasteiger partial charge in [-0.1, -0.05) is 0 Å². The van der Waals surface area contributed by atoms with Gasteiger partial charge in [0.25, 0.3) is 0 Å². The fourth-order valence-electron chi connectivity index (χ4n) is 5.52. The average Bonchev–Trinajstić information content (AvgIpc) is 3.50. The number of piperazine rings is 1. The smallest absolute Gasteiger partial charge is 0.142 e. The summed E-state index contributed by atoms with van der Waals surface area (Å²) in [7, 11) is 0. The molecule has 0 unspecified atom stereocenters. The number of rotatable bonds is 4. The molecule has 6 rings (SSSR count). The van der Waals surface area contributed by atoms with Gasteiger partial charge in [-0.05, 0) is 36.8 Å².